The summed E-state index contributed by atoms with van der Waals surface area (Å²) in [6.45, 7) is 1.60. The Hall–Kier alpha value is -1.60. The first-order valence-electron chi connectivity index (χ1n) is 5.61. The third-order valence-corrected chi connectivity index (χ3v) is 5.85. The normalized spacial score (nSPS) is 11.5. The van der Waals surface area contributed by atoms with Gasteiger partial charge in [-0.25, -0.2) is 13.4 Å². The van der Waals surface area contributed by atoms with Crippen LogP contribution >= 0.6 is 11.3 Å². The van der Waals surface area contributed by atoms with Crippen LogP contribution < -0.4 is 10.5 Å². The van der Waals surface area contributed by atoms with Gasteiger partial charge in [0.2, 0.25) is 0 Å². The Morgan fingerprint density at radius 3 is 2.47 bits per heavy atom. The molecule has 0 radical (unpaired) electrons. The predicted octanol–water partition coefficient (Wildman–Crippen LogP) is 2.19. The Bertz CT molecular complexity index is 676. The first kappa shape index (κ1) is 13.8. The molecule has 0 aliphatic rings. The average Bonchev–Trinajstić information content (AvgIpc) is 2.82. The standard InChI is InChI=1S/C12H14N2O3S2/c1-3-19(15,16)11-10(14-12(13)18-11)8-4-6-9(17-2)7-5-8/h4-7H,3H2,1-2H3,(H2,13,14). The zero-order chi connectivity index (χ0) is 14.0. The van der Waals surface area contributed by atoms with Crippen molar-refractivity contribution in [1.82, 2.24) is 4.98 Å². The highest BCUT2D eigenvalue weighted by molar-refractivity contribution is 7.93. The molecule has 5 nitrogen and oxygen atoms in total. The summed E-state index contributed by atoms with van der Waals surface area (Å²) >= 11 is 0.998. The van der Waals surface area contributed by atoms with Gasteiger partial charge in [0.15, 0.2) is 15.0 Å². The number of hydrogen-bond acceptors (Lipinski definition) is 6. The molecule has 2 aromatic rings. The van der Waals surface area contributed by atoms with E-state index in [9.17, 15) is 8.42 Å². The summed E-state index contributed by atoms with van der Waals surface area (Å²) in [7, 11) is -1.75. The first-order valence-corrected chi connectivity index (χ1v) is 8.08. The topological polar surface area (TPSA) is 82.3 Å². The molecule has 1 heterocycles. The number of nitrogens with zero attached hydrogens (tertiary/aromatic N) is 1. The lowest BCUT2D eigenvalue weighted by atomic mass is 10.2. The zero-order valence-corrected chi connectivity index (χ0v) is 12.2. The van der Waals surface area contributed by atoms with Crippen LogP contribution in [0.2, 0.25) is 0 Å². The molecule has 0 atom stereocenters. The lowest BCUT2D eigenvalue weighted by Gasteiger charge is -2.04. The first-order chi connectivity index (χ1) is 8.97. The summed E-state index contributed by atoms with van der Waals surface area (Å²) in [5.74, 6) is 0.726. The average molecular weight is 298 g/mol. The van der Waals surface area contributed by atoms with Gasteiger partial charge in [0.25, 0.3) is 0 Å². The van der Waals surface area contributed by atoms with Crippen LogP contribution in [-0.2, 0) is 9.84 Å². The van der Waals surface area contributed by atoms with Gasteiger partial charge in [-0.15, -0.1) is 0 Å². The van der Waals surface area contributed by atoms with E-state index < -0.39 is 9.84 Å². The number of nitrogen functional groups attached to an aromatic ring is 1. The SMILES string of the molecule is CCS(=O)(=O)c1sc(N)nc1-c1ccc(OC)cc1. The smallest absolute Gasteiger partial charge is 0.189 e. The molecule has 1 aromatic heterocycles. The maximum atomic E-state index is 12.0. The van der Waals surface area contributed by atoms with Gasteiger partial charge < -0.3 is 10.5 Å². The van der Waals surface area contributed by atoms with Gasteiger partial charge in [-0.05, 0) is 24.3 Å². The van der Waals surface area contributed by atoms with Crippen LogP contribution in [0.5, 0.6) is 5.75 Å². The van der Waals surface area contributed by atoms with Gasteiger partial charge in [-0.3, -0.25) is 0 Å². The maximum absolute atomic E-state index is 12.0. The zero-order valence-electron chi connectivity index (χ0n) is 10.6. The molecule has 0 saturated carbocycles. The second-order valence-electron chi connectivity index (χ2n) is 3.82. The Kier molecular flexibility index (Phi) is 3.77. The minimum atomic E-state index is -3.33. The highest BCUT2D eigenvalue weighted by Crippen LogP contribution is 2.34. The number of rotatable bonds is 4. The molecule has 1 aromatic carbocycles. The second-order valence-corrected chi connectivity index (χ2v) is 7.32. The van der Waals surface area contributed by atoms with Crippen LogP contribution in [-0.4, -0.2) is 26.3 Å². The molecule has 102 valence electrons. The highest BCUT2D eigenvalue weighted by atomic mass is 32.2. The maximum Gasteiger partial charge on any atom is 0.189 e. The van der Waals surface area contributed by atoms with Crippen LogP contribution in [0.3, 0.4) is 0 Å². The van der Waals surface area contributed by atoms with Crippen LogP contribution in [0.1, 0.15) is 6.92 Å². The third-order valence-electron chi connectivity index (χ3n) is 2.64. The predicted molar refractivity (Wildman–Crippen MR) is 76.2 cm³/mol. The molecule has 19 heavy (non-hydrogen) atoms. The van der Waals surface area contributed by atoms with Crippen LogP contribution in [0.4, 0.5) is 5.13 Å². The van der Waals surface area contributed by atoms with Crippen molar-refractivity contribution in [2.45, 2.75) is 11.1 Å². The molecule has 0 fully saturated rings. The van der Waals surface area contributed by atoms with Crippen molar-refractivity contribution in [3.63, 3.8) is 0 Å². The summed E-state index contributed by atoms with van der Waals surface area (Å²) in [4.78, 5) is 4.13. The van der Waals surface area contributed by atoms with Gasteiger partial charge in [-0.2, -0.15) is 0 Å². The van der Waals surface area contributed by atoms with Crippen molar-refractivity contribution in [2.24, 2.45) is 0 Å². The number of anilines is 1. The minimum Gasteiger partial charge on any atom is -0.497 e. The van der Waals surface area contributed by atoms with Crippen molar-refractivity contribution >= 4 is 26.3 Å². The fraction of sp³-hybridized carbons (Fsp3) is 0.250. The highest BCUT2D eigenvalue weighted by Gasteiger charge is 2.22. The number of sulfone groups is 1. The summed E-state index contributed by atoms with van der Waals surface area (Å²) < 4.78 is 29.3. The van der Waals surface area contributed by atoms with E-state index in [2.05, 4.69) is 4.98 Å². The molecule has 0 amide bonds. The molecule has 0 unspecified atom stereocenters. The van der Waals surface area contributed by atoms with E-state index in [1.165, 1.54) is 0 Å². The summed E-state index contributed by atoms with van der Waals surface area (Å²) in [6.07, 6.45) is 0. The van der Waals surface area contributed by atoms with E-state index in [1.54, 1.807) is 38.3 Å². The van der Waals surface area contributed by atoms with Crippen molar-refractivity contribution in [1.29, 1.82) is 0 Å². The van der Waals surface area contributed by atoms with Gasteiger partial charge in [0, 0.05) is 5.56 Å². The fourth-order valence-corrected chi connectivity index (χ4v) is 4.02. The quantitative estimate of drug-likeness (QED) is 0.935. The minimum absolute atomic E-state index is 0.0256. The molecule has 0 spiro atoms. The van der Waals surface area contributed by atoms with Gasteiger partial charge >= 0.3 is 0 Å². The molecule has 2 rings (SSSR count). The fourth-order valence-electron chi connectivity index (χ4n) is 1.60. The van der Waals surface area contributed by atoms with Gasteiger partial charge in [0.1, 0.15) is 15.7 Å². The van der Waals surface area contributed by atoms with E-state index in [0.717, 1.165) is 11.3 Å². The molecular formula is C12H14N2O3S2. The number of methoxy groups -OCH3 is 1. The molecule has 0 aliphatic heterocycles. The summed E-state index contributed by atoms with van der Waals surface area (Å²) in [5, 5.41) is 0.248. The van der Waals surface area contributed by atoms with E-state index in [-0.39, 0.29) is 15.1 Å². The second kappa shape index (κ2) is 5.18. The van der Waals surface area contributed by atoms with E-state index in [1.807, 2.05) is 0 Å². The molecule has 0 bridgehead atoms. The summed E-state index contributed by atoms with van der Waals surface area (Å²) in [5.41, 5.74) is 6.76. The monoisotopic (exact) mass is 298 g/mol. The third kappa shape index (κ3) is 2.71. The van der Waals surface area contributed by atoms with Crippen LogP contribution in [0.15, 0.2) is 28.5 Å². The van der Waals surface area contributed by atoms with Crippen molar-refractivity contribution in [3.8, 4) is 17.0 Å². The number of nitrogens with two attached hydrogens (primary N) is 1. The van der Waals surface area contributed by atoms with Gasteiger partial charge in [-0.1, -0.05) is 18.3 Å². The Balaban J connectivity index is 2.56. The molecule has 7 heteroatoms. The van der Waals surface area contributed by atoms with E-state index in [0.29, 0.717) is 17.0 Å². The van der Waals surface area contributed by atoms with E-state index >= 15 is 0 Å². The van der Waals surface area contributed by atoms with E-state index in [4.69, 9.17) is 10.5 Å². The number of aromatic nitrogens is 1. The number of ether oxygens (including phenoxy) is 1. The Morgan fingerprint density at radius 1 is 1.32 bits per heavy atom. The van der Waals surface area contributed by atoms with Crippen molar-refractivity contribution in [3.05, 3.63) is 24.3 Å². The molecule has 2 N–H and O–H groups in total. The lowest BCUT2D eigenvalue weighted by molar-refractivity contribution is 0.415. The molecular weight excluding hydrogens is 284 g/mol. The summed E-state index contributed by atoms with van der Waals surface area (Å²) in [6, 6.07) is 7.05. The lowest BCUT2D eigenvalue weighted by Crippen LogP contribution is -2.03. The Labute approximate surface area is 116 Å². The number of hydrogen-bond donors (Lipinski definition) is 1. The number of benzene rings is 1. The largest absolute Gasteiger partial charge is 0.497 e. The molecule has 0 saturated heterocycles. The molecule has 0 aliphatic carbocycles. The van der Waals surface area contributed by atoms with Crippen LogP contribution in [0, 0.1) is 0 Å². The van der Waals surface area contributed by atoms with Crippen molar-refractivity contribution in [2.75, 3.05) is 18.6 Å². The van der Waals surface area contributed by atoms with Crippen molar-refractivity contribution < 1.29 is 13.2 Å². The van der Waals surface area contributed by atoms with Crippen LogP contribution in [0.25, 0.3) is 11.3 Å². The Morgan fingerprint density at radius 2 is 1.95 bits per heavy atom. The number of thiazole rings is 1. The van der Waals surface area contributed by atoms with Gasteiger partial charge in [0.05, 0.1) is 12.9 Å².